The summed E-state index contributed by atoms with van der Waals surface area (Å²) >= 11 is 0. The van der Waals surface area contributed by atoms with Gasteiger partial charge >= 0.3 is 0 Å². The topological polar surface area (TPSA) is 33.5 Å². The smallest absolute Gasteiger partial charge is 0.143 e. The summed E-state index contributed by atoms with van der Waals surface area (Å²) in [6.07, 6.45) is 4.14. The molecule has 68 heavy (non-hydrogen) atoms. The number of para-hydroxylation sites is 1. The number of fused-ring (bicyclic) bond motifs is 3. The predicted octanol–water partition coefficient (Wildman–Crippen LogP) is 15.8. The van der Waals surface area contributed by atoms with Crippen LogP contribution in [0.25, 0.3) is 38.8 Å². The second-order valence-electron chi connectivity index (χ2n) is 20.0. The van der Waals surface area contributed by atoms with Crippen LogP contribution < -0.4 is 14.5 Å². The summed E-state index contributed by atoms with van der Waals surface area (Å²) in [6, 6.07) is 65.7. The van der Waals surface area contributed by atoms with Crippen LogP contribution in [0.1, 0.15) is 81.8 Å². The summed E-state index contributed by atoms with van der Waals surface area (Å²) in [6.45, 7) is 22.6. The Morgan fingerprint density at radius 2 is 1.13 bits per heavy atom. The molecule has 0 spiro atoms. The van der Waals surface area contributed by atoms with Gasteiger partial charge in [0.05, 0.1) is 5.52 Å². The third-order valence-corrected chi connectivity index (χ3v) is 13.7. The fraction of sp³-hybridized carbons (Fsp3) is 0.194. The van der Waals surface area contributed by atoms with Gasteiger partial charge in [-0.05, 0) is 89.3 Å². The van der Waals surface area contributed by atoms with Crippen LogP contribution >= 0.6 is 0 Å². The summed E-state index contributed by atoms with van der Waals surface area (Å²) in [4.78, 5) is 9.44. The normalized spacial score (nSPS) is 13.2. The Bertz CT molecular complexity index is 3180. The molecule has 0 radical (unpaired) electrons. The summed E-state index contributed by atoms with van der Waals surface area (Å²) in [7, 11) is 0. The summed E-state index contributed by atoms with van der Waals surface area (Å²) < 4.78 is 9.09. The Labute approximate surface area is 417 Å². The van der Waals surface area contributed by atoms with Crippen molar-refractivity contribution in [3.05, 3.63) is 234 Å². The first-order valence-corrected chi connectivity index (χ1v) is 23.3. The third-order valence-electron chi connectivity index (χ3n) is 13.7. The molecule has 6 heteroatoms. The molecule has 0 atom stereocenters. The molecule has 10 rings (SSSR count). The molecule has 3 heterocycles. The van der Waals surface area contributed by atoms with Crippen molar-refractivity contribution in [1.82, 2.24) is 9.55 Å². The zero-order valence-electron chi connectivity index (χ0n) is 40.3. The van der Waals surface area contributed by atoms with Gasteiger partial charge in [0.1, 0.15) is 5.65 Å². The maximum absolute atomic E-state index is 6.89. The Kier molecular flexibility index (Phi) is 12.4. The molecule has 0 bridgehead atoms. The van der Waals surface area contributed by atoms with Crippen molar-refractivity contribution in [2.45, 2.75) is 73.1 Å². The number of allylic oxidation sites excluding steroid dienone is 1. The predicted molar refractivity (Wildman–Crippen MR) is 278 cm³/mol. The van der Waals surface area contributed by atoms with Gasteiger partial charge in [-0.1, -0.05) is 157 Å². The SMILES string of the molecule is Cc1cccc(C)c1-c1cc(Oc2[c-]c(N3[CH-]N(c4cc(C(C)(C)c5ccccc5)cc(C(C)(C)c5ccccc5)c4)C=C3C(C)(C)C)ccc2)[c-]c(-n2c3ccccc3c3cccnc32)c1.[Pt]. The van der Waals surface area contributed by atoms with E-state index in [0.717, 1.165) is 50.3 Å². The largest absolute Gasteiger partial charge is 0.509 e. The standard InChI is InChI=1S/C62H57N4O.Pt/c1-42-21-18-22-43(2)58(42)44-33-51(66-56-31-17-16-29-54(56)55-30-20-32-63-59(55)66)39-53(34-44)67-52-28-19-27-49(38-52)65-41-64(40-57(65)60(3,4)5)50-36-47(61(6,7)45-23-12-10-13-24-45)35-48(37-50)62(8,9)46-25-14-11-15-26-46;/h10-37,40-41H,1-9H3;/q-3;. The van der Waals surface area contributed by atoms with E-state index in [1.165, 1.54) is 38.9 Å². The number of ether oxygens (including phenoxy) is 1. The van der Waals surface area contributed by atoms with Crippen molar-refractivity contribution >= 4 is 33.3 Å². The Balaban J connectivity index is 0.00000578. The minimum absolute atomic E-state index is 0. The van der Waals surface area contributed by atoms with E-state index in [2.05, 4.69) is 253 Å². The first-order chi connectivity index (χ1) is 32.2. The maximum Gasteiger partial charge on any atom is 0.143 e. The van der Waals surface area contributed by atoms with E-state index in [1.807, 2.05) is 18.3 Å². The van der Waals surface area contributed by atoms with Gasteiger partial charge in [0.25, 0.3) is 0 Å². The average Bonchev–Trinajstić information content (AvgIpc) is 3.94. The third kappa shape index (κ3) is 8.58. The number of nitrogens with zero attached hydrogens (tertiary/aromatic N) is 4. The molecule has 0 saturated carbocycles. The molecule has 0 saturated heterocycles. The monoisotopic (exact) mass is 1070 g/mol. The van der Waals surface area contributed by atoms with Gasteiger partial charge in [-0.25, -0.2) is 4.98 Å². The Morgan fingerprint density at radius 3 is 1.78 bits per heavy atom. The molecule has 5 nitrogen and oxygen atoms in total. The molecule has 0 N–H and O–H groups in total. The van der Waals surface area contributed by atoms with Crippen molar-refractivity contribution in [3.63, 3.8) is 0 Å². The number of aryl methyl sites for hydroxylation is 2. The zero-order chi connectivity index (χ0) is 46.7. The summed E-state index contributed by atoms with van der Waals surface area (Å²) in [5, 5.41) is 2.23. The van der Waals surface area contributed by atoms with Gasteiger partial charge in [0, 0.05) is 77.2 Å². The number of rotatable bonds is 10. The number of benzene rings is 7. The van der Waals surface area contributed by atoms with Crippen LogP contribution in [-0.4, -0.2) is 9.55 Å². The molecule has 7 aromatic carbocycles. The van der Waals surface area contributed by atoms with Crippen LogP contribution in [0.3, 0.4) is 0 Å². The Morgan fingerprint density at radius 1 is 0.544 bits per heavy atom. The molecule has 2 aromatic heterocycles. The van der Waals surface area contributed by atoms with Gasteiger partial charge in [0.2, 0.25) is 0 Å². The first kappa shape index (κ1) is 46.4. The molecular weight excluding hydrogens is 1010 g/mol. The molecule has 9 aromatic rings. The molecule has 1 aliphatic heterocycles. The summed E-state index contributed by atoms with van der Waals surface area (Å²) in [5.41, 5.74) is 14.9. The van der Waals surface area contributed by atoms with Crippen LogP contribution in [0, 0.1) is 38.1 Å². The van der Waals surface area contributed by atoms with Crippen LogP contribution in [-0.2, 0) is 31.9 Å². The number of anilines is 2. The van der Waals surface area contributed by atoms with Crippen molar-refractivity contribution in [3.8, 4) is 28.3 Å². The van der Waals surface area contributed by atoms with Crippen LogP contribution in [0.5, 0.6) is 11.5 Å². The van der Waals surface area contributed by atoms with E-state index in [1.54, 1.807) is 0 Å². The van der Waals surface area contributed by atoms with E-state index in [0.29, 0.717) is 11.5 Å². The second-order valence-corrected chi connectivity index (χ2v) is 20.0. The minimum Gasteiger partial charge on any atom is -0.509 e. The number of aromatic nitrogens is 2. The van der Waals surface area contributed by atoms with Crippen molar-refractivity contribution in [1.29, 1.82) is 0 Å². The van der Waals surface area contributed by atoms with Crippen molar-refractivity contribution in [2.24, 2.45) is 5.41 Å². The molecular formula is C62H57N4OPt-3. The number of hydrogen-bond acceptors (Lipinski definition) is 4. The number of hydrogen-bond donors (Lipinski definition) is 0. The maximum atomic E-state index is 6.89. The summed E-state index contributed by atoms with van der Waals surface area (Å²) in [5.74, 6) is 1.19. The van der Waals surface area contributed by atoms with Gasteiger partial charge < -0.3 is 19.1 Å². The average molecular weight is 1070 g/mol. The molecule has 0 amide bonds. The first-order valence-electron chi connectivity index (χ1n) is 23.3. The van der Waals surface area contributed by atoms with Gasteiger partial charge in [-0.2, -0.15) is 6.07 Å². The van der Waals surface area contributed by atoms with Crippen molar-refractivity contribution < 1.29 is 25.8 Å². The second kappa shape index (κ2) is 18.1. The number of pyridine rings is 1. The van der Waals surface area contributed by atoms with Crippen LogP contribution in [0.15, 0.2) is 182 Å². The molecule has 0 unspecified atom stereocenters. The molecule has 0 aliphatic carbocycles. The fourth-order valence-corrected chi connectivity index (χ4v) is 9.74. The quantitative estimate of drug-likeness (QED) is 0.128. The van der Waals surface area contributed by atoms with E-state index in [4.69, 9.17) is 9.72 Å². The van der Waals surface area contributed by atoms with E-state index >= 15 is 0 Å². The molecule has 1 aliphatic rings. The van der Waals surface area contributed by atoms with Crippen molar-refractivity contribution in [2.75, 3.05) is 9.80 Å². The van der Waals surface area contributed by atoms with Crippen LogP contribution in [0.2, 0.25) is 0 Å². The fourth-order valence-electron chi connectivity index (χ4n) is 9.74. The van der Waals surface area contributed by atoms with Gasteiger partial charge in [-0.3, -0.25) is 0 Å². The van der Waals surface area contributed by atoms with E-state index in [9.17, 15) is 0 Å². The van der Waals surface area contributed by atoms with E-state index in [-0.39, 0.29) is 37.3 Å². The molecule has 0 fully saturated rings. The minimum atomic E-state index is -0.252. The van der Waals surface area contributed by atoms with Gasteiger partial charge in [-0.15, -0.1) is 54.3 Å². The zero-order valence-corrected chi connectivity index (χ0v) is 42.6. The Hall–Kier alpha value is -6.68. The van der Waals surface area contributed by atoms with Gasteiger partial charge in [0.15, 0.2) is 0 Å². The van der Waals surface area contributed by atoms with Crippen LogP contribution in [0.4, 0.5) is 11.4 Å². The molecule has 344 valence electrons. The van der Waals surface area contributed by atoms with E-state index < -0.39 is 0 Å².